The molecule has 0 unspecified atom stereocenters. The Balaban J connectivity index is 3.16. The number of nitrogens with two attached hydrogens (primary N) is 1. The SMILES string of the molecule is NS(=O)(=O)OCCOCCO. The molecule has 0 spiro atoms. The summed E-state index contributed by atoms with van der Waals surface area (Å²) in [5.41, 5.74) is 0. The Kier molecular flexibility index (Phi) is 5.34. The van der Waals surface area contributed by atoms with Crippen LogP contribution in [-0.4, -0.2) is 40.0 Å². The molecule has 0 rings (SSSR count). The lowest BCUT2D eigenvalue weighted by Gasteiger charge is -2.00. The smallest absolute Gasteiger partial charge is 0.333 e. The highest BCUT2D eigenvalue weighted by atomic mass is 32.2. The fraction of sp³-hybridized carbons (Fsp3) is 1.00. The second-order valence-electron chi connectivity index (χ2n) is 1.65. The number of hydrogen-bond donors (Lipinski definition) is 2. The zero-order valence-electron chi connectivity index (χ0n) is 5.89. The van der Waals surface area contributed by atoms with Crippen LogP contribution >= 0.6 is 0 Å². The number of ether oxygens (including phenoxy) is 1. The Morgan fingerprint density at radius 3 is 2.36 bits per heavy atom. The summed E-state index contributed by atoms with van der Waals surface area (Å²) in [7, 11) is -3.85. The minimum Gasteiger partial charge on any atom is -0.394 e. The topological polar surface area (TPSA) is 98.9 Å². The van der Waals surface area contributed by atoms with Gasteiger partial charge < -0.3 is 9.84 Å². The van der Waals surface area contributed by atoms with Crippen LogP contribution in [-0.2, 0) is 19.2 Å². The molecule has 0 aromatic rings. The molecule has 6 nitrogen and oxygen atoms in total. The van der Waals surface area contributed by atoms with Gasteiger partial charge in [0, 0.05) is 0 Å². The number of hydrogen-bond acceptors (Lipinski definition) is 5. The molecule has 0 atom stereocenters. The van der Waals surface area contributed by atoms with Crippen LogP contribution in [0.25, 0.3) is 0 Å². The predicted octanol–water partition coefficient (Wildman–Crippen LogP) is -1.78. The summed E-state index contributed by atoms with van der Waals surface area (Å²) in [5.74, 6) is 0. The van der Waals surface area contributed by atoms with E-state index in [0.717, 1.165) is 0 Å². The van der Waals surface area contributed by atoms with Crippen LogP contribution in [0.5, 0.6) is 0 Å². The van der Waals surface area contributed by atoms with Gasteiger partial charge in [0.05, 0.1) is 26.4 Å². The molecule has 0 aromatic carbocycles. The maximum absolute atomic E-state index is 10.1. The first-order chi connectivity index (χ1) is 5.06. The summed E-state index contributed by atoms with van der Waals surface area (Å²) in [6.45, 7) is 0.0270. The molecule has 0 aliphatic heterocycles. The lowest BCUT2D eigenvalue weighted by molar-refractivity contribution is 0.0719. The van der Waals surface area contributed by atoms with E-state index in [2.05, 4.69) is 14.1 Å². The minimum absolute atomic E-state index is 0.0942. The largest absolute Gasteiger partial charge is 0.394 e. The van der Waals surface area contributed by atoms with E-state index in [9.17, 15) is 8.42 Å². The van der Waals surface area contributed by atoms with Gasteiger partial charge in [0.2, 0.25) is 0 Å². The van der Waals surface area contributed by atoms with Crippen molar-refractivity contribution in [1.82, 2.24) is 0 Å². The summed E-state index contributed by atoms with van der Waals surface area (Å²) >= 11 is 0. The molecule has 0 aliphatic carbocycles. The van der Waals surface area contributed by atoms with Crippen molar-refractivity contribution >= 4 is 10.3 Å². The van der Waals surface area contributed by atoms with Gasteiger partial charge in [-0.15, -0.1) is 0 Å². The van der Waals surface area contributed by atoms with Crippen molar-refractivity contribution < 1.29 is 22.4 Å². The average Bonchev–Trinajstić information content (AvgIpc) is 1.85. The van der Waals surface area contributed by atoms with E-state index < -0.39 is 10.3 Å². The number of aliphatic hydroxyl groups excluding tert-OH is 1. The molecule has 3 N–H and O–H groups in total. The van der Waals surface area contributed by atoms with Gasteiger partial charge >= 0.3 is 10.3 Å². The first-order valence-corrected chi connectivity index (χ1v) is 4.39. The van der Waals surface area contributed by atoms with Gasteiger partial charge in [-0.2, -0.15) is 8.42 Å². The molecular weight excluding hydrogens is 174 g/mol. The number of rotatable bonds is 6. The highest BCUT2D eigenvalue weighted by Crippen LogP contribution is 1.82. The zero-order chi connectivity index (χ0) is 8.74. The molecule has 11 heavy (non-hydrogen) atoms. The first kappa shape index (κ1) is 10.8. The van der Waals surface area contributed by atoms with Gasteiger partial charge in [0.1, 0.15) is 0 Å². The standard InChI is InChI=1S/C4H11NO5S/c5-11(7,8)10-4-3-9-2-1-6/h6H,1-4H2,(H2,5,7,8). The van der Waals surface area contributed by atoms with Crippen molar-refractivity contribution in [3.8, 4) is 0 Å². The Labute approximate surface area is 65.2 Å². The summed E-state index contributed by atoms with van der Waals surface area (Å²) in [6, 6.07) is 0. The lowest BCUT2D eigenvalue weighted by Crippen LogP contribution is -2.19. The summed E-state index contributed by atoms with van der Waals surface area (Å²) in [6.07, 6.45) is 0. The third-order valence-electron chi connectivity index (χ3n) is 0.711. The quantitative estimate of drug-likeness (QED) is 0.476. The second kappa shape index (κ2) is 5.44. The fourth-order valence-electron chi connectivity index (χ4n) is 0.376. The molecule has 68 valence electrons. The molecule has 0 fully saturated rings. The first-order valence-electron chi connectivity index (χ1n) is 2.92. The normalized spacial score (nSPS) is 11.8. The van der Waals surface area contributed by atoms with Crippen molar-refractivity contribution in [2.75, 3.05) is 26.4 Å². The van der Waals surface area contributed by atoms with Crippen molar-refractivity contribution in [3.05, 3.63) is 0 Å². The summed E-state index contributed by atoms with van der Waals surface area (Å²) in [5, 5.41) is 12.7. The number of aliphatic hydroxyl groups is 1. The Morgan fingerprint density at radius 2 is 1.91 bits per heavy atom. The third kappa shape index (κ3) is 9.79. The average molecular weight is 185 g/mol. The van der Waals surface area contributed by atoms with Crippen LogP contribution < -0.4 is 5.14 Å². The molecule has 0 aliphatic rings. The van der Waals surface area contributed by atoms with Crippen LogP contribution in [0.4, 0.5) is 0 Å². The predicted molar refractivity (Wildman–Crippen MR) is 37.0 cm³/mol. The monoisotopic (exact) mass is 185 g/mol. The maximum atomic E-state index is 10.1. The van der Waals surface area contributed by atoms with Gasteiger partial charge in [-0.1, -0.05) is 0 Å². The summed E-state index contributed by atoms with van der Waals surface area (Å²) < 4.78 is 29.0. The molecule has 0 aromatic heterocycles. The van der Waals surface area contributed by atoms with E-state index in [1.54, 1.807) is 0 Å². The zero-order valence-corrected chi connectivity index (χ0v) is 6.71. The van der Waals surface area contributed by atoms with E-state index in [4.69, 9.17) is 5.11 Å². The lowest BCUT2D eigenvalue weighted by atomic mass is 10.7. The van der Waals surface area contributed by atoms with E-state index in [1.807, 2.05) is 0 Å². The Hall–Kier alpha value is -0.210. The van der Waals surface area contributed by atoms with Crippen molar-refractivity contribution in [3.63, 3.8) is 0 Å². The van der Waals surface area contributed by atoms with Gasteiger partial charge in [-0.25, -0.2) is 5.14 Å². The van der Waals surface area contributed by atoms with Crippen LogP contribution in [0.2, 0.25) is 0 Å². The van der Waals surface area contributed by atoms with Crippen LogP contribution in [0.1, 0.15) is 0 Å². The van der Waals surface area contributed by atoms with E-state index in [1.165, 1.54) is 0 Å². The highest BCUT2D eigenvalue weighted by Gasteiger charge is 1.99. The van der Waals surface area contributed by atoms with E-state index in [-0.39, 0.29) is 26.4 Å². The van der Waals surface area contributed by atoms with Crippen LogP contribution in [0.15, 0.2) is 0 Å². The fourth-order valence-corrected chi connectivity index (χ4v) is 0.676. The third-order valence-corrected chi connectivity index (χ3v) is 1.21. The van der Waals surface area contributed by atoms with Gasteiger partial charge in [0.25, 0.3) is 0 Å². The van der Waals surface area contributed by atoms with Gasteiger partial charge in [0.15, 0.2) is 0 Å². The van der Waals surface area contributed by atoms with E-state index >= 15 is 0 Å². The maximum Gasteiger partial charge on any atom is 0.333 e. The minimum atomic E-state index is -3.85. The molecule has 7 heteroatoms. The highest BCUT2D eigenvalue weighted by molar-refractivity contribution is 7.84. The Bertz CT molecular complexity index is 177. The van der Waals surface area contributed by atoms with Gasteiger partial charge in [-0.3, -0.25) is 4.18 Å². The van der Waals surface area contributed by atoms with Crippen molar-refractivity contribution in [1.29, 1.82) is 0 Å². The molecule has 0 bridgehead atoms. The van der Waals surface area contributed by atoms with Crippen LogP contribution in [0.3, 0.4) is 0 Å². The Morgan fingerprint density at radius 1 is 1.27 bits per heavy atom. The molecule has 0 heterocycles. The van der Waals surface area contributed by atoms with Crippen LogP contribution in [0, 0.1) is 0 Å². The van der Waals surface area contributed by atoms with Crippen molar-refractivity contribution in [2.45, 2.75) is 0 Å². The molecule has 0 radical (unpaired) electrons. The molecular formula is C4H11NO5S. The van der Waals surface area contributed by atoms with Crippen molar-refractivity contribution in [2.24, 2.45) is 5.14 Å². The second-order valence-corrected chi connectivity index (χ2v) is 2.87. The molecule has 0 saturated heterocycles. The molecule has 0 saturated carbocycles. The van der Waals surface area contributed by atoms with Gasteiger partial charge in [-0.05, 0) is 0 Å². The van der Waals surface area contributed by atoms with E-state index in [0.29, 0.717) is 0 Å². The molecule has 0 amide bonds. The summed E-state index contributed by atoms with van der Waals surface area (Å²) in [4.78, 5) is 0.